The number of benzene rings is 1. The molecule has 0 bridgehead atoms. The summed E-state index contributed by atoms with van der Waals surface area (Å²) in [4.78, 5) is 0. The highest BCUT2D eigenvalue weighted by molar-refractivity contribution is 9.10. The van der Waals surface area contributed by atoms with Crippen molar-refractivity contribution in [1.82, 2.24) is 0 Å². The van der Waals surface area contributed by atoms with Crippen LogP contribution in [-0.4, -0.2) is 13.7 Å². The third kappa shape index (κ3) is 2.95. The van der Waals surface area contributed by atoms with Crippen LogP contribution < -0.4 is 4.72 Å². The minimum atomic E-state index is -3.40. The summed E-state index contributed by atoms with van der Waals surface area (Å²) in [7, 11) is -3.40. The first-order chi connectivity index (χ1) is 7.24. The molecule has 0 spiro atoms. The lowest BCUT2D eigenvalue weighted by atomic mass is 10.2. The van der Waals surface area contributed by atoms with Gasteiger partial charge in [-0.3, -0.25) is 4.72 Å². The Hall–Kier alpha value is -0.620. The molecule has 0 aliphatic heterocycles. The first-order valence-corrected chi connectivity index (χ1v) is 7.05. The van der Waals surface area contributed by atoms with Gasteiger partial charge in [0.05, 0.1) is 15.4 Å². The predicted molar refractivity (Wildman–Crippen MR) is 66.5 cm³/mol. The van der Waals surface area contributed by atoms with E-state index in [1.807, 2.05) is 0 Å². The SMILES string of the molecule is Cc1cc(F)c(Br)cc1NS(=O)(=O)C(C)C. The summed E-state index contributed by atoms with van der Waals surface area (Å²) in [6.45, 7) is 4.81. The van der Waals surface area contributed by atoms with Gasteiger partial charge in [0.15, 0.2) is 0 Å². The summed E-state index contributed by atoms with van der Waals surface area (Å²) >= 11 is 3.01. The molecule has 0 saturated heterocycles. The molecule has 90 valence electrons. The fraction of sp³-hybridized carbons (Fsp3) is 0.400. The Kier molecular flexibility index (Phi) is 3.96. The van der Waals surface area contributed by atoms with Crippen LogP contribution in [0, 0.1) is 12.7 Å². The number of sulfonamides is 1. The van der Waals surface area contributed by atoms with E-state index in [1.54, 1.807) is 20.8 Å². The van der Waals surface area contributed by atoms with Crippen molar-refractivity contribution in [2.45, 2.75) is 26.0 Å². The summed E-state index contributed by atoms with van der Waals surface area (Å²) in [6.07, 6.45) is 0. The van der Waals surface area contributed by atoms with Gasteiger partial charge in [0.2, 0.25) is 10.0 Å². The van der Waals surface area contributed by atoms with E-state index < -0.39 is 21.1 Å². The van der Waals surface area contributed by atoms with Crippen molar-refractivity contribution in [2.75, 3.05) is 4.72 Å². The Morgan fingerprint density at radius 3 is 2.44 bits per heavy atom. The fourth-order valence-electron chi connectivity index (χ4n) is 1.03. The third-order valence-corrected chi connectivity index (χ3v) is 4.49. The third-order valence-electron chi connectivity index (χ3n) is 2.14. The smallest absolute Gasteiger partial charge is 0.235 e. The Balaban J connectivity index is 3.13. The molecule has 0 aromatic heterocycles. The van der Waals surface area contributed by atoms with E-state index >= 15 is 0 Å². The number of aryl methyl sites for hydroxylation is 1. The average Bonchev–Trinajstić information content (AvgIpc) is 2.13. The number of anilines is 1. The summed E-state index contributed by atoms with van der Waals surface area (Å²) in [5.74, 6) is -0.412. The van der Waals surface area contributed by atoms with Gasteiger partial charge >= 0.3 is 0 Å². The molecule has 1 rings (SSSR count). The van der Waals surface area contributed by atoms with E-state index in [9.17, 15) is 12.8 Å². The fourth-order valence-corrected chi connectivity index (χ4v) is 2.13. The zero-order chi connectivity index (χ0) is 12.5. The van der Waals surface area contributed by atoms with Crippen LogP contribution in [0.1, 0.15) is 19.4 Å². The molecule has 0 saturated carbocycles. The second-order valence-corrected chi connectivity index (χ2v) is 6.87. The van der Waals surface area contributed by atoms with Gasteiger partial charge < -0.3 is 0 Å². The second kappa shape index (κ2) is 4.71. The Morgan fingerprint density at radius 1 is 1.38 bits per heavy atom. The number of halogens is 2. The molecular formula is C10H13BrFNO2S. The number of rotatable bonds is 3. The molecule has 0 fully saturated rings. The minimum absolute atomic E-state index is 0.236. The lowest BCUT2D eigenvalue weighted by Crippen LogP contribution is -2.23. The van der Waals surface area contributed by atoms with Gasteiger partial charge in [-0.05, 0) is 54.4 Å². The zero-order valence-electron chi connectivity index (χ0n) is 9.21. The molecule has 0 heterocycles. The van der Waals surface area contributed by atoms with Crippen LogP contribution in [0.15, 0.2) is 16.6 Å². The van der Waals surface area contributed by atoms with Crippen molar-refractivity contribution in [2.24, 2.45) is 0 Å². The zero-order valence-corrected chi connectivity index (χ0v) is 11.6. The molecular weight excluding hydrogens is 297 g/mol. The van der Waals surface area contributed by atoms with Crippen molar-refractivity contribution >= 4 is 31.6 Å². The van der Waals surface area contributed by atoms with Crippen molar-refractivity contribution < 1.29 is 12.8 Å². The maximum absolute atomic E-state index is 13.1. The van der Waals surface area contributed by atoms with Crippen molar-refractivity contribution in [3.63, 3.8) is 0 Å². The first-order valence-electron chi connectivity index (χ1n) is 4.71. The van der Waals surface area contributed by atoms with Gasteiger partial charge in [-0.25, -0.2) is 12.8 Å². The highest BCUT2D eigenvalue weighted by atomic mass is 79.9. The van der Waals surface area contributed by atoms with E-state index in [1.165, 1.54) is 12.1 Å². The summed E-state index contributed by atoms with van der Waals surface area (Å²) in [5, 5.41) is -0.532. The minimum Gasteiger partial charge on any atom is -0.283 e. The first kappa shape index (κ1) is 13.4. The normalized spacial score (nSPS) is 11.9. The van der Waals surface area contributed by atoms with Crippen molar-refractivity contribution in [1.29, 1.82) is 0 Å². The maximum Gasteiger partial charge on any atom is 0.235 e. The summed E-state index contributed by atoms with van der Waals surface area (Å²) < 4.78 is 39.0. The van der Waals surface area contributed by atoms with E-state index in [0.717, 1.165) is 0 Å². The lowest BCUT2D eigenvalue weighted by Gasteiger charge is -2.13. The molecule has 0 amide bonds. The summed E-state index contributed by atoms with van der Waals surface area (Å²) in [6, 6.07) is 2.70. The molecule has 0 radical (unpaired) electrons. The monoisotopic (exact) mass is 309 g/mol. The van der Waals surface area contributed by atoms with Gasteiger partial charge in [0, 0.05) is 0 Å². The van der Waals surface area contributed by atoms with Crippen LogP contribution in [0.2, 0.25) is 0 Å². The molecule has 0 atom stereocenters. The van der Waals surface area contributed by atoms with Crippen molar-refractivity contribution in [3.8, 4) is 0 Å². The Bertz CT molecular complexity index is 500. The average molecular weight is 310 g/mol. The quantitative estimate of drug-likeness (QED) is 0.932. The van der Waals surface area contributed by atoms with Gasteiger partial charge in [0.1, 0.15) is 5.82 Å². The Labute approximate surface area is 103 Å². The Morgan fingerprint density at radius 2 is 1.94 bits per heavy atom. The number of hydrogen-bond donors (Lipinski definition) is 1. The highest BCUT2D eigenvalue weighted by Crippen LogP contribution is 2.25. The van der Waals surface area contributed by atoms with Crippen LogP contribution >= 0.6 is 15.9 Å². The highest BCUT2D eigenvalue weighted by Gasteiger charge is 2.17. The standard InChI is InChI=1S/C10H13BrFNO2S/c1-6(2)16(14,15)13-10-5-8(11)9(12)4-7(10)3/h4-6,13H,1-3H3. The molecule has 1 N–H and O–H groups in total. The molecule has 1 aromatic rings. The largest absolute Gasteiger partial charge is 0.283 e. The van der Waals surface area contributed by atoms with Gasteiger partial charge in [-0.2, -0.15) is 0 Å². The van der Waals surface area contributed by atoms with Crippen LogP contribution in [0.25, 0.3) is 0 Å². The maximum atomic E-state index is 13.1. The molecule has 3 nitrogen and oxygen atoms in total. The molecule has 0 aliphatic carbocycles. The number of nitrogens with one attached hydrogen (secondary N) is 1. The molecule has 6 heteroatoms. The molecule has 1 aromatic carbocycles. The molecule has 0 aliphatic rings. The summed E-state index contributed by atoms with van der Waals surface area (Å²) in [5.41, 5.74) is 0.937. The van der Waals surface area contributed by atoms with E-state index in [0.29, 0.717) is 11.3 Å². The van der Waals surface area contributed by atoms with E-state index in [2.05, 4.69) is 20.7 Å². The topological polar surface area (TPSA) is 46.2 Å². The predicted octanol–water partition coefficient (Wildman–Crippen LogP) is 3.05. The molecule has 16 heavy (non-hydrogen) atoms. The van der Waals surface area contributed by atoms with Gasteiger partial charge in [-0.15, -0.1) is 0 Å². The van der Waals surface area contributed by atoms with E-state index in [-0.39, 0.29) is 4.47 Å². The second-order valence-electron chi connectivity index (χ2n) is 3.78. The van der Waals surface area contributed by atoms with Crippen molar-refractivity contribution in [3.05, 3.63) is 28.0 Å². The number of hydrogen-bond acceptors (Lipinski definition) is 2. The van der Waals surface area contributed by atoms with Crippen LogP contribution in [0.4, 0.5) is 10.1 Å². The van der Waals surface area contributed by atoms with Gasteiger partial charge in [0.25, 0.3) is 0 Å². The lowest BCUT2D eigenvalue weighted by molar-refractivity contribution is 0.592. The van der Waals surface area contributed by atoms with E-state index in [4.69, 9.17) is 0 Å². The van der Waals surface area contributed by atoms with Crippen LogP contribution in [0.5, 0.6) is 0 Å². The van der Waals surface area contributed by atoms with Crippen LogP contribution in [-0.2, 0) is 10.0 Å². The van der Waals surface area contributed by atoms with Gasteiger partial charge in [-0.1, -0.05) is 0 Å². The molecule has 0 unspecified atom stereocenters. The van der Waals surface area contributed by atoms with Crippen LogP contribution in [0.3, 0.4) is 0 Å².